The van der Waals surface area contributed by atoms with Gasteiger partial charge in [0.05, 0.1) is 0 Å². The molecule has 4 aliphatic rings. The number of rotatable bonds is 0. The molecule has 0 spiro atoms. The number of fused-ring (bicyclic) bond motifs is 4. The molecule has 0 radical (unpaired) electrons. The number of alkyl halides is 6. The third-order valence-electron chi connectivity index (χ3n) is 6.76. The molecule has 0 nitrogen and oxygen atoms in total. The largest absolute Gasteiger partial charge is 4.00 e. The molecule has 4 bridgehead atoms. The van der Waals surface area contributed by atoms with E-state index in [1.807, 2.05) is 11.8 Å². The van der Waals surface area contributed by atoms with Crippen LogP contribution < -0.4 is 0 Å². The van der Waals surface area contributed by atoms with Crippen molar-refractivity contribution in [2.75, 3.05) is 0 Å². The van der Waals surface area contributed by atoms with Crippen molar-refractivity contribution >= 4 is 0 Å². The van der Waals surface area contributed by atoms with Crippen molar-refractivity contribution in [2.24, 2.45) is 11.8 Å². The molecular weight excluding hydrogens is 517 g/mol. The Hall–Kier alpha value is -0.837. The Morgan fingerprint density at radius 3 is 0.879 bits per heavy atom. The van der Waals surface area contributed by atoms with Crippen molar-refractivity contribution < 1.29 is 52.5 Å². The second kappa shape index (κ2) is 12.7. The average molecular weight is 548 g/mol. The van der Waals surface area contributed by atoms with Gasteiger partial charge in [0.1, 0.15) is 0 Å². The van der Waals surface area contributed by atoms with E-state index in [4.69, 9.17) is 0 Å². The minimum Gasteiger partial charge on any atom is -0.313 e. The van der Waals surface area contributed by atoms with Crippen LogP contribution in [0.1, 0.15) is 75.3 Å². The molecule has 0 aliphatic heterocycles. The Morgan fingerprint density at radius 1 is 0.515 bits per heavy atom. The second-order valence-corrected chi connectivity index (χ2v) is 9.14. The molecule has 4 aliphatic carbocycles. The molecule has 0 heterocycles. The van der Waals surface area contributed by atoms with Gasteiger partial charge in [0.15, 0.2) is 0 Å². The Balaban J connectivity index is 0.000000155. The maximum absolute atomic E-state index is 11.6. The minimum atomic E-state index is -4.18. The molecule has 4 fully saturated rings. The molecule has 0 N–H and O–H groups in total. The predicted molar refractivity (Wildman–Crippen MR) is 114 cm³/mol. The molecule has 0 saturated heterocycles. The summed E-state index contributed by atoms with van der Waals surface area (Å²) >= 11 is 0. The first kappa shape index (κ1) is 28.4. The van der Waals surface area contributed by atoms with Crippen LogP contribution in [0.2, 0.25) is 0 Å². The summed E-state index contributed by atoms with van der Waals surface area (Å²) in [5.74, 6) is 6.00. The van der Waals surface area contributed by atoms with Crippen LogP contribution in [-0.4, -0.2) is 0 Å². The van der Waals surface area contributed by atoms with E-state index in [1.54, 1.807) is 0 Å². The molecule has 7 heteroatoms. The van der Waals surface area contributed by atoms with Crippen molar-refractivity contribution in [2.45, 2.75) is 76.6 Å². The fourth-order valence-corrected chi connectivity index (χ4v) is 4.93. The molecule has 0 amide bonds. The van der Waals surface area contributed by atoms with Gasteiger partial charge >= 0.3 is 38.6 Å². The average Bonchev–Trinajstić information content (AvgIpc) is 3.60. The number of hydrogen-bond acceptors (Lipinski definition) is 0. The van der Waals surface area contributed by atoms with Gasteiger partial charge in [-0.3, -0.25) is 0 Å². The van der Waals surface area contributed by atoms with Gasteiger partial charge in [-0.2, -0.15) is 89.1 Å². The third kappa shape index (κ3) is 9.38. The van der Waals surface area contributed by atoms with Gasteiger partial charge in [-0.15, -0.1) is 0 Å². The molecule has 0 unspecified atom stereocenters. The van der Waals surface area contributed by atoms with E-state index >= 15 is 0 Å². The van der Waals surface area contributed by atoms with Crippen LogP contribution in [0, 0.1) is 23.7 Å². The summed E-state index contributed by atoms with van der Waals surface area (Å²) in [6.45, 7) is 0. The van der Waals surface area contributed by atoms with Crippen LogP contribution in [0.15, 0.2) is 48.5 Å². The molecule has 2 aromatic carbocycles. The zero-order chi connectivity index (χ0) is 23.2. The first-order valence-electron chi connectivity index (χ1n) is 11.4. The van der Waals surface area contributed by atoms with Crippen LogP contribution in [0.5, 0.6) is 0 Å². The maximum Gasteiger partial charge on any atom is 4.00 e. The zero-order valence-corrected chi connectivity index (χ0v) is 21.1. The maximum atomic E-state index is 11.6. The van der Waals surface area contributed by atoms with Gasteiger partial charge in [-0.25, -0.2) is 24.3 Å². The van der Waals surface area contributed by atoms with Crippen LogP contribution in [-0.2, 0) is 38.6 Å². The summed E-state index contributed by atoms with van der Waals surface area (Å²) in [6, 6.07) is 9.62. The van der Waals surface area contributed by atoms with Gasteiger partial charge in [-0.05, 0) is 0 Å². The van der Waals surface area contributed by atoms with Crippen molar-refractivity contribution in [3.05, 3.63) is 71.5 Å². The third-order valence-corrected chi connectivity index (χ3v) is 6.76. The van der Waals surface area contributed by atoms with Gasteiger partial charge < -0.3 is 11.8 Å². The molecular formula is C26H30F6Zr. The van der Waals surface area contributed by atoms with Crippen LogP contribution >= 0.6 is 0 Å². The van der Waals surface area contributed by atoms with E-state index in [0.717, 1.165) is 36.1 Å². The second-order valence-electron chi connectivity index (χ2n) is 9.14. The SMILES string of the molecule is C1CC2CC[C-]1C2.C1CC2CC[C-]1C2.FC(F)(F)[c-]1cccc1.FC(F)(F)[c-]1cccc1.[Zr+4]. The normalized spacial score (nSPS) is 20.3. The minimum absolute atomic E-state index is 0. The molecule has 180 valence electrons. The molecule has 4 saturated carbocycles. The number of halogens is 6. The topological polar surface area (TPSA) is 0 Å². The first-order chi connectivity index (χ1) is 15.1. The Labute approximate surface area is 212 Å². The summed E-state index contributed by atoms with van der Waals surface area (Å²) in [5, 5.41) is 0. The molecule has 0 atom stereocenters. The van der Waals surface area contributed by atoms with Crippen molar-refractivity contribution in [1.82, 2.24) is 0 Å². The van der Waals surface area contributed by atoms with Crippen molar-refractivity contribution in [3.63, 3.8) is 0 Å². The van der Waals surface area contributed by atoms with E-state index in [-0.39, 0.29) is 26.2 Å². The number of hydrogen-bond donors (Lipinski definition) is 0. The fraction of sp³-hybridized carbons (Fsp3) is 0.538. The summed E-state index contributed by atoms with van der Waals surface area (Å²) in [6.07, 6.45) is 6.65. The smallest absolute Gasteiger partial charge is 0.313 e. The van der Waals surface area contributed by atoms with E-state index in [9.17, 15) is 26.3 Å². The molecule has 2 aromatic rings. The molecule has 33 heavy (non-hydrogen) atoms. The summed E-state index contributed by atoms with van der Waals surface area (Å²) in [7, 11) is 0. The van der Waals surface area contributed by atoms with Crippen molar-refractivity contribution in [3.8, 4) is 0 Å². The quantitative estimate of drug-likeness (QED) is 0.228. The monoisotopic (exact) mass is 546 g/mol. The first-order valence-corrected chi connectivity index (χ1v) is 11.4. The Bertz CT molecular complexity index is 658. The van der Waals surface area contributed by atoms with Gasteiger partial charge in [0.2, 0.25) is 0 Å². The zero-order valence-electron chi connectivity index (χ0n) is 18.6. The summed E-state index contributed by atoms with van der Waals surface area (Å²) in [4.78, 5) is 0. The van der Waals surface area contributed by atoms with E-state index in [1.165, 1.54) is 88.5 Å². The van der Waals surface area contributed by atoms with Gasteiger partial charge in [-0.1, -0.05) is 48.6 Å². The molecule has 6 rings (SSSR count). The van der Waals surface area contributed by atoms with Gasteiger partial charge in [0, 0.05) is 0 Å². The standard InChI is InChI=1S/2C7H11.2C6H4F3.Zr/c2*1-2-7-4-3-6(1)5-7;2*7-6(8,9)5-3-1-2-4-5;/h2*6H,1-5H2;2*1-4H;/q4*-1;+4. The van der Waals surface area contributed by atoms with Gasteiger partial charge in [0.25, 0.3) is 0 Å². The summed E-state index contributed by atoms with van der Waals surface area (Å²) in [5.41, 5.74) is -1.16. The van der Waals surface area contributed by atoms with Crippen molar-refractivity contribution in [1.29, 1.82) is 0 Å². The van der Waals surface area contributed by atoms with Crippen LogP contribution in [0.4, 0.5) is 26.3 Å². The fourth-order valence-electron chi connectivity index (χ4n) is 4.93. The van der Waals surface area contributed by atoms with E-state index in [0.29, 0.717) is 0 Å². The Kier molecular flexibility index (Phi) is 11.0. The van der Waals surface area contributed by atoms with E-state index in [2.05, 4.69) is 0 Å². The molecule has 0 aromatic heterocycles. The van der Waals surface area contributed by atoms with E-state index < -0.39 is 23.5 Å². The summed E-state index contributed by atoms with van der Waals surface area (Å²) < 4.78 is 69.7. The Morgan fingerprint density at radius 2 is 0.788 bits per heavy atom. The van der Waals surface area contributed by atoms with Crippen LogP contribution in [0.3, 0.4) is 0 Å². The van der Waals surface area contributed by atoms with Crippen LogP contribution in [0.25, 0.3) is 0 Å². The predicted octanol–water partition coefficient (Wildman–Crippen LogP) is 9.16.